The number of aromatic nitrogens is 1. The van der Waals surface area contributed by atoms with Crippen LogP contribution in [0.5, 0.6) is 0 Å². The van der Waals surface area contributed by atoms with Gasteiger partial charge in [0.15, 0.2) is 0 Å². The van der Waals surface area contributed by atoms with Gasteiger partial charge in [-0.15, -0.1) is 0 Å². The molecule has 1 atom stereocenters. The second-order valence-electron chi connectivity index (χ2n) is 4.48. The Labute approximate surface area is 122 Å². The van der Waals surface area contributed by atoms with E-state index in [4.69, 9.17) is 16.7 Å². The molecule has 0 aliphatic heterocycles. The smallest absolute Gasteiger partial charge is 0.354 e. The Morgan fingerprint density at radius 3 is 2.80 bits per heavy atom. The van der Waals surface area contributed by atoms with E-state index < -0.39 is 5.97 Å². The lowest BCUT2D eigenvalue weighted by Crippen LogP contribution is -2.19. The average Bonchev–Trinajstić information content (AvgIpc) is 2.45. The van der Waals surface area contributed by atoms with Gasteiger partial charge in [-0.3, -0.25) is 0 Å². The van der Waals surface area contributed by atoms with Crippen molar-refractivity contribution in [1.82, 2.24) is 10.3 Å². The SMILES string of the molecule is C[C@H](NCc1cccc(C(=O)O)n1)c1cccc(Cl)c1. The highest BCUT2D eigenvalue weighted by Crippen LogP contribution is 2.17. The number of halogens is 1. The van der Waals surface area contributed by atoms with E-state index >= 15 is 0 Å². The van der Waals surface area contributed by atoms with Gasteiger partial charge in [0.25, 0.3) is 0 Å². The zero-order chi connectivity index (χ0) is 14.5. The second-order valence-corrected chi connectivity index (χ2v) is 4.91. The van der Waals surface area contributed by atoms with E-state index in [2.05, 4.69) is 10.3 Å². The predicted octanol–water partition coefficient (Wildman–Crippen LogP) is 3.28. The van der Waals surface area contributed by atoms with Crippen molar-refractivity contribution in [2.45, 2.75) is 19.5 Å². The molecule has 0 saturated heterocycles. The first-order chi connectivity index (χ1) is 9.56. The summed E-state index contributed by atoms with van der Waals surface area (Å²) < 4.78 is 0. The molecule has 1 heterocycles. The van der Waals surface area contributed by atoms with Crippen LogP contribution in [0.4, 0.5) is 0 Å². The molecule has 2 aromatic rings. The molecular weight excluding hydrogens is 276 g/mol. The number of carboxylic acid groups (broad SMARTS) is 1. The molecule has 20 heavy (non-hydrogen) atoms. The van der Waals surface area contributed by atoms with Crippen molar-refractivity contribution in [2.75, 3.05) is 0 Å². The first kappa shape index (κ1) is 14.5. The minimum Gasteiger partial charge on any atom is -0.477 e. The standard InChI is InChI=1S/C15H15ClN2O2/c1-10(11-4-2-5-12(16)8-11)17-9-13-6-3-7-14(18-13)15(19)20/h2-8,10,17H,9H2,1H3,(H,19,20)/t10-/m0/s1. The van der Waals surface area contributed by atoms with Crippen molar-refractivity contribution in [3.63, 3.8) is 0 Å². The third kappa shape index (κ3) is 3.79. The monoisotopic (exact) mass is 290 g/mol. The molecule has 104 valence electrons. The lowest BCUT2D eigenvalue weighted by Gasteiger charge is -2.14. The van der Waals surface area contributed by atoms with Crippen LogP contribution in [0.1, 0.15) is 34.7 Å². The average molecular weight is 291 g/mol. The van der Waals surface area contributed by atoms with Crippen LogP contribution in [0, 0.1) is 0 Å². The van der Waals surface area contributed by atoms with E-state index in [0.29, 0.717) is 17.3 Å². The van der Waals surface area contributed by atoms with Crippen LogP contribution in [0.3, 0.4) is 0 Å². The van der Waals surface area contributed by atoms with Crippen LogP contribution in [0.2, 0.25) is 5.02 Å². The highest BCUT2D eigenvalue weighted by atomic mass is 35.5. The second kappa shape index (κ2) is 6.50. The van der Waals surface area contributed by atoms with Gasteiger partial charge in [-0.25, -0.2) is 9.78 Å². The van der Waals surface area contributed by atoms with Crippen molar-refractivity contribution >= 4 is 17.6 Å². The number of nitrogens with zero attached hydrogens (tertiary/aromatic N) is 1. The number of pyridine rings is 1. The first-order valence-electron chi connectivity index (χ1n) is 6.24. The third-order valence-corrected chi connectivity index (χ3v) is 3.20. The summed E-state index contributed by atoms with van der Waals surface area (Å²) in [5.74, 6) is -1.02. The number of benzene rings is 1. The minimum atomic E-state index is -1.02. The van der Waals surface area contributed by atoms with Gasteiger partial charge in [-0.05, 0) is 36.8 Å². The summed E-state index contributed by atoms with van der Waals surface area (Å²) >= 11 is 5.96. The maximum Gasteiger partial charge on any atom is 0.354 e. The fraction of sp³-hybridized carbons (Fsp3) is 0.200. The lowest BCUT2D eigenvalue weighted by molar-refractivity contribution is 0.0690. The van der Waals surface area contributed by atoms with E-state index in [1.54, 1.807) is 12.1 Å². The lowest BCUT2D eigenvalue weighted by atomic mass is 10.1. The van der Waals surface area contributed by atoms with Crippen LogP contribution in [0.15, 0.2) is 42.5 Å². The number of carboxylic acids is 1. The molecule has 2 N–H and O–H groups in total. The van der Waals surface area contributed by atoms with Crippen molar-refractivity contribution in [1.29, 1.82) is 0 Å². The topological polar surface area (TPSA) is 62.2 Å². The van der Waals surface area contributed by atoms with Crippen LogP contribution >= 0.6 is 11.6 Å². The maximum atomic E-state index is 10.9. The Morgan fingerprint density at radius 1 is 1.35 bits per heavy atom. The molecule has 0 unspecified atom stereocenters. The zero-order valence-corrected chi connectivity index (χ0v) is 11.8. The summed E-state index contributed by atoms with van der Waals surface area (Å²) in [5, 5.41) is 12.9. The molecule has 0 fully saturated rings. The molecule has 1 aromatic heterocycles. The quantitative estimate of drug-likeness (QED) is 0.887. The fourth-order valence-corrected chi connectivity index (χ4v) is 2.05. The Hall–Kier alpha value is -1.91. The number of carbonyl (C=O) groups is 1. The van der Waals surface area contributed by atoms with E-state index in [0.717, 1.165) is 5.56 Å². The molecule has 0 spiro atoms. The summed E-state index contributed by atoms with van der Waals surface area (Å²) in [5.41, 5.74) is 1.82. The van der Waals surface area contributed by atoms with Crippen molar-refractivity contribution in [3.05, 3.63) is 64.4 Å². The molecule has 1 aromatic carbocycles. The van der Waals surface area contributed by atoms with E-state index in [1.165, 1.54) is 6.07 Å². The van der Waals surface area contributed by atoms with Crippen LogP contribution in [-0.2, 0) is 6.54 Å². The summed E-state index contributed by atoms with van der Waals surface area (Å²) in [6, 6.07) is 12.7. The number of aromatic carboxylic acids is 1. The highest BCUT2D eigenvalue weighted by molar-refractivity contribution is 6.30. The van der Waals surface area contributed by atoms with Gasteiger partial charge in [0.2, 0.25) is 0 Å². The normalized spacial score (nSPS) is 12.1. The number of rotatable bonds is 5. The maximum absolute atomic E-state index is 10.9. The van der Waals surface area contributed by atoms with Crippen LogP contribution in [0.25, 0.3) is 0 Å². The van der Waals surface area contributed by atoms with E-state index in [1.807, 2.05) is 31.2 Å². The summed E-state index contributed by atoms with van der Waals surface area (Å²) in [6.45, 7) is 2.52. The molecule has 0 saturated carbocycles. The van der Waals surface area contributed by atoms with Crippen molar-refractivity contribution in [2.24, 2.45) is 0 Å². The van der Waals surface area contributed by atoms with Gasteiger partial charge in [-0.1, -0.05) is 29.8 Å². The third-order valence-electron chi connectivity index (χ3n) is 2.96. The van der Waals surface area contributed by atoms with Crippen molar-refractivity contribution in [3.8, 4) is 0 Å². The van der Waals surface area contributed by atoms with E-state index in [9.17, 15) is 4.79 Å². The van der Waals surface area contributed by atoms with Gasteiger partial charge in [0.1, 0.15) is 5.69 Å². The highest BCUT2D eigenvalue weighted by Gasteiger charge is 2.08. The van der Waals surface area contributed by atoms with Crippen molar-refractivity contribution < 1.29 is 9.90 Å². The Balaban J connectivity index is 2.01. The Bertz CT molecular complexity index is 616. The van der Waals surface area contributed by atoms with Gasteiger partial charge < -0.3 is 10.4 Å². The predicted molar refractivity (Wildman–Crippen MR) is 77.9 cm³/mol. The largest absolute Gasteiger partial charge is 0.477 e. The molecule has 0 amide bonds. The summed E-state index contributed by atoms with van der Waals surface area (Å²) in [4.78, 5) is 14.9. The molecule has 2 rings (SSSR count). The van der Waals surface area contributed by atoms with Gasteiger partial charge >= 0.3 is 5.97 Å². The summed E-state index contributed by atoms with van der Waals surface area (Å²) in [7, 11) is 0. The molecule has 0 radical (unpaired) electrons. The molecule has 0 aliphatic rings. The fourth-order valence-electron chi connectivity index (χ4n) is 1.85. The molecule has 0 bridgehead atoms. The Morgan fingerprint density at radius 2 is 2.10 bits per heavy atom. The summed E-state index contributed by atoms with van der Waals surface area (Å²) in [6.07, 6.45) is 0. The molecule has 4 nitrogen and oxygen atoms in total. The van der Waals surface area contributed by atoms with E-state index in [-0.39, 0.29) is 11.7 Å². The van der Waals surface area contributed by atoms with Gasteiger partial charge in [0, 0.05) is 17.6 Å². The Kier molecular flexibility index (Phi) is 4.71. The minimum absolute atomic E-state index is 0.0553. The zero-order valence-electron chi connectivity index (χ0n) is 11.0. The number of hydrogen-bond donors (Lipinski definition) is 2. The number of nitrogens with one attached hydrogen (secondary N) is 1. The molecule has 0 aliphatic carbocycles. The molecule has 5 heteroatoms. The first-order valence-corrected chi connectivity index (χ1v) is 6.62. The van der Waals surface area contributed by atoms with Crippen LogP contribution in [-0.4, -0.2) is 16.1 Å². The number of hydrogen-bond acceptors (Lipinski definition) is 3. The van der Waals surface area contributed by atoms with Crippen LogP contribution < -0.4 is 5.32 Å². The van der Waals surface area contributed by atoms with Gasteiger partial charge in [0.05, 0.1) is 5.69 Å². The van der Waals surface area contributed by atoms with Gasteiger partial charge in [-0.2, -0.15) is 0 Å². The molecular formula is C15H15ClN2O2.